The average molecular weight is 260 g/mol. The zero-order valence-electron chi connectivity index (χ0n) is 11.3. The molecule has 0 spiro atoms. The molecule has 3 heterocycles. The first-order valence-corrected chi connectivity index (χ1v) is 7.07. The van der Waals surface area contributed by atoms with Gasteiger partial charge in [-0.15, -0.1) is 0 Å². The lowest BCUT2D eigenvalue weighted by atomic mass is 9.99. The van der Waals surface area contributed by atoms with Crippen molar-refractivity contribution in [3.63, 3.8) is 0 Å². The predicted octanol–water partition coefficient (Wildman–Crippen LogP) is 1.14. The molecule has 2 fully saturated rings. The van der Waals surface area contributed by atoms with Crippen molar-refractivity contribution in [2.45, 2.75) is 44.7 Å². The molecule has 2 aliphatic heterocycles. The fraction of sp³-hybridized carbons (Fsp3) is 0.643. The lowest BCUT2D eigenvalue weighted by Gasteiger charge is -2.32. The molecule has 19 heavy (non-hydrogen) atoms. The van der Waals surface area contributed by atoms with Gasteiger partial charge in [-0.1, -0.05) is 6.42 Å². The normalized spacial score (nSPS) is 27.0. The third kappa shape index (κ3) is 2.61. The van der Waals surface area contributed by atoms with Gasteiger partial charge in [0.05, 0.1) is 11.9 Å². The molecule has 2 aliphatic rings. The van der Waals surface area contributed by atoms with E-state index in [0.29, 0.717) is 11.7 Å². The minimum absolute atomic E-state index is 0.0927. The Morgan fingerprint density at radius 1 is 1.26 bits per heavy atom. The topological polar surface area (TPSA) is 58.1 Å². The molecule has 2 saturated heterocycles. The maximum Gasteiger partial charge on any atom is 0.271 e. The summed E-state index contributed by atoms with van der Waals surface area (Å²) < 4.78 is 0. The average Bonchev–Trinajstić information content (AvgIpc) is 2.83. The summed E-state index contributed by atoms with van der Waals surface area (Å²) in [5.41, 5.74) is 1.25. The Bertz CT molecular complexity index is 459. The van der Waals surface area contributed by atoms with Gasteiger partial charge in [-0.25, -0.2) is 4.98 Å². The van der Waals surface area contributed by atoms with Crippen LogP contribution in [0.25, 0.3) is 0 Å². The van der Waals surface area contributed by atoms with Crippen molar-refractivity contribution in [1.82, 2.24) is 20.2 Å². The van der Waals surface area contributed by atoms with E-state index in [2.05, 4.69) is 20.2 Å². The van der Waals surface area contributed by atoms with E-state index in [0.717, 1.165) is 18.7 Å². The van der Waals surface area contributed by atoms with Crippen LogP contribution in [0.1, 0.15) is 41.9 Å². The van der Waals surface area contributed by atoms with Crippen molar-refractivity contribution in [2.24, 2.45) is 0 Å². The van der Waals surface area contributed by atoms with Crippen LogP contribution in [0.3, 0.4) is 0 Å². The number of carbonyl (C=O) groups excluding carboxylic acids is 1. The molecule has 5 heteroatoms. The summed E-state index contributed by atoms with van der Waals surface area (Å²) in [5, 5.41) is 3.13. The smallest absolute Gasteiger partial charge is 0.271 e. The van der Waals surface area contributed by atoms with Gasteiger partial charge in [-0.05, 0) is 32.7 Å². The fourth-order valence-corrected chi connectivity index (χ4v) is 3.17. The first-order valence-electron chi connectivity index (χ1n) is 7.07. The maximum atomic E-state index is 12.2. The Morgan fingerprint density at radius 3 is 2.95 bits per heavy atom. The van der Waals surface area contributed by atoms with E-state index in [4.69, 9.17) is 0 Å². The second-order valence-corrected chi connectivity index (χ2v) is 5.51. The predicted molar refractivity (Wildman–Crippen MR) is 71.9 cm³/mol. The number of fused-ring (bicyclic) bond motifs is 1. The SMILES string of the molecule is Cc1cnc(C(=O)N[C@@H]2CCN3CCCC[C@@H]23)cn1. The Labute approximate surface area is 113 Å². The van der Waals surface area contributed by atoms with Gasteiger partial charge in [0.1, 0.15) is 5.69 Å². The van der Waals surface area contributed by atoms with Crippen LogP contribution in [0.15, 0.2) is 12.4 Å². The van der Waals surface area contributed by atoms with Crippen molar-refractivity contribution in [1.29, 1.82) is 0 Å². The number of piperidine rings is 1. The van der Waals surface area contributed by atoms with Crippen LogP contribution in [0.5, 0.6) is 0 Å². The van der Waals surface area contributed by atoms with Crippen molar-refractivity contribution in [3.05, 3.63) is 23.8 Å². The van der Waals surface area contributed by atoms with E-state index >= 15 is 0 Å². The van der Waals surface area contributed by atoms with Crippen LogP contribution in [0.4, 0.5) is 0 Å². The molecule has 1 N–H and O–H groups in total. The van der Waals surface area contributed by atoms with Gasteiger partial charge in [0.25, 0.3) is 5.91 Å². The summed E-state index contributed by atoms with van der Waals surface area (Å²) in [4.78, 5) is 22.9. The highest BCUT2D eigenvalue weighted by atomic mass is 16.2. The maximum absolute atomic E-state index is 12.2. The third-order valence-corrected chi connectivity index (χ3v) is 4.19. The van der Waals surface area contributed by atoms with Gasteiger partial charge in [0, 0.05) is 24.8 Å². The van der Waals surface area contributed by atoms with Gasteiger partial charge in [0.15, 0.2) is 0 Å². The lowest BCUT2D eigenvalue weighted by molar-refractivity contribution is 0.0910. The minimum Gasteiger partial charge on any atom is -0.346 e. The van der Waals surface area contributed by atoms with Gasteiger partial charge >= 0.3 is 0 Å². The number of nitrogens with zero attached hydrogens (tertiary/aromatic N) is 3. The molecule has 3 rings (SSSR count). The Kier molecular flexibility index (Phi) is 3.46. The quantitative estimate of drug-likeness (QED) is 0.866. The molecular formula is C14H20N4O. The van der Waals surface area contributed by atoms with E-state index < -0.39 is 0 Å². The van der Waals surface area contributed by atoms with Crippen LogP contribution in [0.2, 0.25) is 0 Å². The first kappa shape index (κ1) is 12.5. The molecule has 0 bridgehead atoms. The third-order valence-electron chi connectivity index (χ3n) is 4.19. The van der Waals surface area contributed by atoms with Gasteiger partial charge in [0.2, 0.25) is 0 Å². The van der Waals surface area contributed by atoms with Crippen LogP contribution < -0.4 is 5.32 Å². The van der Waals surface area contributed by atoms with Crippen LogP contribution in [-0.2, 0) is 0 Å². The summed E-state index contributed by atoms with van der Waals surface area (Å²) in [7, 11) is 0. The molecule has 2 atom stereocenters. The zero-order valence-corrected chi connectivity index (χ0v) is 11.3. The Morgan fingerprint density at radius 2 is 2.16 bits per heavy atom. The minimum atomic E-state index is -0.0927. The molecule has 0 aromatic carbocycles. The van der Waals surface area contributed by atoms with Gasteiger partial charge in [-0.2, -0.15) is 0 Å². The molecule has 0 aliphatic carbocycles. The number of hydrogen-bond donors (Lipinski definition) is 1. The number of hydrogen-bond acceptors (Lipinski definition) is 4. The van der Waals surface area contributed by atoms with Gasteiger partial charge < -0.3 is 5.32 Å². The molecule has 0 radical (unpaired) electrons. The van der Waals surface area contributed by atoms with Crippen LogP contribution in [-0.4, -0.2) is 45.9 Å². The standard InChI is InChI=1S/C14H20N4O/c1-10-8-16-12(9-15-10)14(19)17-11-5-7-18-6-3-2-4-13(11)18/h8-9,11,13H,2-7H2,1H3,(H,17,19)/t11-,13+/m1/s1. The number of carbonyl (C=O) groups is 1. The second-order valence-electron chi connectivity index (χ2n) is 5.51. The van der Waals surface area contributed by atoms with E-state index in [1.807, 2.05) is 6.92 Å². The monoisotopic (exact) mass is 260 g/mol. The van der Waals surface area contributed by atoms with E-state index in [1.54, 1.807) is 12.4 Å². The summed E-state index contributed by atoms with van der Waals surface area (Å²) in [6.07, 6.45) is 8.01. The summed E-state index contributed by atoms with van der Waals surface area (Å²) in [5.74, 6) is -0.0927. The van der Waals surface area contributed by atoms with Crippen molar-refractivity contribution in [2.75, 3.05) is 13.1 Å². The summed E-state index contributed by atoms with van der Waals surface area (Å²) >= 11 is 0. The second kappa shape index (κ2) is 5.25. The molecule has 1 aromatic heterocycles. The Hall–Kier alpha value is -1.49. The number of aromatic nitrogens is 2. The van der Waals surface area contributed by atoms with Crippen molar-refractivity contribution in [3.8, 4) is 0 Å². The zero-order chi connectivity index (χ0) is 13.2. The fourth-order valence-electron chi connectivity index (χ4n) is 3.17. The number of nitrogens with one attached hydrogen (secondary N) is 1. The largest absolute Gasteiger partial charge is 0.346 e. The highest BCUT2D eigenvalue weighted by Crippen LogP contribution is 2.27. The molecular weight excluding hydrogens is 240 g/mol. The Balaban J connectivity index is 1.65. The molecule has 0 unspecified atom stereocenters. The highest BCUT2D eigenvalue weighted by molar-refractivity contribution is 5.92. The number of amides is 1. The molecule has 1 aromatic rings. The molecule has 1 amide bonds. The molecule has 102 valence electrons. The van der Waals surface area contributed by atoms with Crippen LogP contribution in [0, 0.1) is 6.92 Å². The van der Waals surface area contributed by atoms with E-state index in [1.165, 1.54) is 25.8 Å². The van der Waals surface area contributed by atoms with Crippen LogP contribution >= 0.6 is 0 Å². The van der Waals surface area contributed by atoms with Crippen molar-refractivity contribution < 1.29 is 4.79 Å². The number of aryl methyl sites for hydroxylation is 1. The highest BCUT2D eigenvalue weighted by Gasteiger charge is 2.36. The first-order chi connectivity index (χ1) is 9.24. The summed E-state index contributed by atoms with van der Waals surface area (Å²) in [6.45, 7) is 4.15. The summed E-state index contributed by atoms with van der Waals surface area (Å²) in [6, 6.07) is 0.798. The van der Waals surface area contributed by atoms with Gasteiger partial charge in [-0.3, -0.25) is 14.7 Å². The lowest BCUT2D eigenvalue weighted by Crippen LogP contribution is -2.46. The van der Waals surface area contributed by atoms with E-state index in [9.17, 15) is 4.79 Å². The van der Waals surface area contributed by atoms with Crippen molar-refractivity contribution >= 4 is 5.91 Å². The number of rotatable bonds is 2. The molecule has 0 saturated carbocycles. The van der Waals surface area contributed by atoms with E-state index in [-0.39, 0.29) is 11.9 Å². The molecule has 5 nitrogen and oxygen atoms in total.